The first-order valence-corrected chi connectivity index (χ1v) is 7.70. The number of rotatable bonds is 12. The minimum Gasteiger partial charge on any atom is -0.314 e. The normalized spacial score (nSPS) is 13.5. The van der Waals surface area contributed by atoms with Crippen LogP contribution >= 0.6 is 0 Å². The molecule has 0 aliphatic carbocycles. The van der Waals surface area contributed by atoms with Crippen molar-refractivity contribution in [3.63, 3.8) is 0 Å². The maximum atomic E-state index is 3.56. The number of nitrogens with one attached hydrogen (secondary N) is 1. The minimum atomic E-state index is 0.669. The Labute approximate surface area is 115 Å². The molecule has 0 saturated carbocycles. The first-order chi connectivity index (χ1) is 8.60. The zero-order chi connectivity index (χ0) is 13.8. The van der Waals surface area contributed by atoms with E-state index in [1.807, 2.05) is 0 Å². The lowest BCUT2D eigenvalue weighted by atomic mass is 10.1. The molecule has 0 aromatic rings. The lowest BCUT2D eigenvalue weighted by molar-refractivity contribution is 0.234. The molecule has 1 unspecified atom stereocenters. The SMILES string of the molecule is CCCNC(C)CCCN(CCC)CCN(C)C. The summed E-state index contributed by atoms with van der Waals surface area (Å²) in [7, 11) is 4.31. The van der Waals surface area contributed by atoms with Crippen molar-refractivity contribution in [3.05, 3.63) is 0 Å². The molecule has 0 saturated heterocycles. The van der Waals surface area contributed by atoms with E-state index in [1.54, 1.807) is 0 Å². The van der Waals surface area contributed by atoms with Crippen molar-refractivity contribution in [1.82, 2.24) is 15.1 Å². The third-order valence-electron chi connectivity index (χ3n) is 3.26. The maximum Gasteiger partial charge on any atom is 0.0109 e. The van der Waals surface area contributed by atoms with E-state index in [-0.39, 0.29) is 0 Å². The van der Waals surface area contributed by atoms with E-state index >= 15 is 0 Å². The van der Waals surface area contributed by atoms with E-state index in [2.05, 4.69) is 50.0 Å². The summed E-state index contributed by atoms with van der Waals surface area (Å²) < 4.78 is 0. The highest BCUT2D eigenvalue weighted by Gasteiger charge is 2.06. The highest BCUT2D eigenvalue weighted by Crippen LogP contribution is 2.01. The number of likely N-dealkylation sites (N-methyl/N-ethyl adjacent to an activating group) is 1. The molecule has 0 heterocycles. The Morgan fingerprint density at radius 1 is 0.944 bits per heavy atom. The summed E-state index contributed by atoms with van der Waals surface area (Å²) in [5.41, 5.74) is 0. The van der Waals surface area contributed by atoms with Crippen LogP contribution in [0.15, 0.2) is 0 Å². The first kappa shape index (κ1) is 17.9. The van der Waals surface area contributed by atoms with Crippen molar-refractivity contribution in [2.75, 3.05) is 46.8 Å². The van der Waals surface area contributed by atoms with Crippen molar-refractivity contribution in [3.8, 4) is 0 Å². The van der Waals surface area contributed by atoms with E-state index in [1.165, 1.54) is 51.9 Å². The van der Waals surface area contributed by atoms with Crippen molar-refractivity contribution in [2.45, 2.75) is 52.5 Å². The van der Waals surface area contributed by atoms with E-state index < -0.39 is 0 Å². The Balaban J connectivity index is 3.68. The zero-order valence-corrected chi connectivity index (χ0v) is 13.3. The summed E-state index contributed by atoms with van der Waals surface area (Å²) in [6, 6.07) is 0.669. The van der Waals surface area contributed by atoms with Crippen LogP contribution in [0.2, 0.25) is 0 Å². The van der Waals surface area contributed by atoms with Crippen LogP contribution < -0.4 is 5.32 Å². The molecule has 0 aromatic heterocycles. The fourth-order valence-corrected chi connectivity index (χ4v) is 2.11. The van der Waals surface area contributed by atoms with Crippen molar-refractivity contribution < 1.29 is 0 Å². The Kier molecular flexibility index (Phi) is 11.9. The molecule has 0 spiro atoms. The van der Waals surface area contributed by atoms with Crippen LogP contribution in [-0.4, -0.2) is 62.7 Å². The highest BCUT2D eigenvalue weighted by atomic mass is 15.2. The Hall–Kier alpha value is -0.120. The van der Waals surface area contributed by atoms with Gasteiger partial charge in [-0.05, 0) is 66.3 Å². The number of nitrogens with zero attached hydrogens (tertiary/aromatic N) is 2. The molecule has 0 radical (unpaired) electrons. The summed E-state index contributed by atoms with van der Waals surface area (Å²) in [5.74, 6) is 0. The lowest BCUT2D eigenvalue weighted by Crippen LogP contribution is -2.34. The molecule has 0 aliphatic rings. The fraction of sp³-hybridized carbons (Fsp3) is 1.00. The van der Waals surface area contributed by atoms with E-state index in [4.69, 9.17) is 0 Å². The number of hydrogen-bond donors (Lipinski definition) is 1. The first-order valence-electron chi connectivity index (χ1n) is 7.70. The van der Waals surface area contributed by atoms with Crippen LogP contribution in [0.1, 0.15) is 46.5 Å². The summed E-state index contributed by atoms with van der Waals surface area (Å²) in [4.78, 5) is 4.88. The average molecular weight is 257 g/mol. The van der Waals surface area contributed by atoms with Crippen molar-refractivity contribution >= 4 is 0 Å². The molecule has 3 nitrogen and oxygen atoms in total. The second kappa shape index (κ2) is 11.9. The molecular weight excluding hydrogens is 222 g/mol. The summed E-state index contributed by atoms with van der Waals surface area (Å²) >= 11 is 0. The molecule has 0 bridgehead atoms. The Morgan fingerprint density at radius 3 is 2.22 bits per heavy atom. The monoisotopic (exact) mass is 257 g/mol. The van der Waals surface area contributed by atoms with Gasteiger partial charge in [0.2, 0.25) is 0 Å². The van der Waals surface area contributed by atoms with Crippen molar-refractivity contribution in [1.29, 1.82) is 0 Å². The van der Waals surface area contributed by atoms with Crippen LogP contribution in [0.5, 0.6) is 0 Å². The van der Waals surface area contributed by atoms with Gasteiger partial charge in [0.05, 0.1) is 0 Å². The Morgan fingerprint density at radius 2 is 1.67 bits per heavy atom. The predicted molar refractivity (Wildman–Crippen MR) is 82.3 cm³/mol. The van der Waals surface area contributed by atoms with Gasteiger partial charge in [-0.25, -0.2) is 0 Å². The summed E-state index contributed by atoms with van der Waals surface area (Å²) in [6.45, 7) is 12.8. The molecule has 1 atom stereocenters. The van der Waals surface area contributed by atoms with Gasteiger partial charge in [0.15, 0.2) is 0 Å². The van der Waals surface area contributed by atoms with Crippen LogP contribution in [0.3, 0.4) is 0 Å². The van der Waals surface area contributed by atoms with Gasteiger partial charge in [-0.3, -0.25) is 0 Å². The van der Waals surface area contributed by atoms with Crippen LogP contribution in [-0.2, 0) is 0 Å². The molecule has 0 amide bonds. The van der Waals surface area contributed by atoms with Gasteiger partial charge in [0.25, 0.3) is 0 Å². The van der Waals surface area contributed by atoms with Gasteiger partial charge in [0.1, 0.15) is 0 Å². The number of hydrogen-bond acceptors (Lipinski definition) is 3. The van der Waals surface area contributed by atoms with Gasteiger partial charge in [-0.15, -0.1) is 0 Å². The summed E-state index contributed by atoms with van der Waals surface area (Å²) in [6.07, 6.45) is 5.10. The smallest absolute Gasteiger partial charge is 0.0109 e. The topological polar surface area (TPSA) is 18.5 Å². The molecule has 3 heteroatoms. The van der Waals surface area contributed by atoms with Gasteiger partial charge in [-0.2, -0.15) is 0 Å². The quantitative estimate of drug-likeness (QED) is 0.579. The van der Waals surface area contributed by atoms with Crippen molar-refractivity contribution in [2.24, 2.45) is 0 Å². The largest absolute Gasteiger partial charge is 0.314 e. The third-order valence-corrected chi connectivity index (χ3v) is 3.26. The standard InChI is InChI=1S/C15H35N3/c1-6-10-16-15(3)9-8-12-18(11-7-2)14-13-17(4)5/h15-16H,6-14H2,1-5H3. The lowest BCUT2D eigenvalue weighted by Gasteiger charge is -2.24. The second-order valence-electron chi connectivity index (χ2n) is 5.64. The predicted octanol–water partition coefficient (Wildman–Crippen LogP) is 2.43. The molecule has 110 valence electrons. The van der Waals surface area contributed by atoms with E-state index in [9.17, 15) is 0 Å². The highest BCUT2D eigenvalue weighted by molar-refractivity contribution is 4.64. The maximum absolute atomic E-state index is 3.56. The van der Waals surface area contributed by atoms with Crippen LogP contribution in [0, 0.1) is 0 Å². The van der Waals surface area contributed by atoms with Crippen LogP contribution in [0.25, 0.3) is 0 Å². The van der Waals surface area contributed by atoms with Gasteiger partial charge in [0, 0.05) is 19.1 Å². The second-order valence-corrected chi connectivity index (χ2v) is 5.64. The van der Waals surface area contributed by atoms with Gasteiger partial charge in [-0.1, -0.05) is 13.8 Å². The third kappa shape index (κ3) is 11.0. The van der Waals surface area contributed by atoms with E-state index in [0.717, 1.165) is 6.54 Å². The van der Waals surface area contributed by atoms with Crippen LogP contribution in [0.4, 0.5) is 0 Å². The average Bonchev–Trinajstić information content (AvgIpc) is 2.33. The van der Waals surface area contributed by atoms with Gasteiger partial charge >= 0.3 is 0 Å². The zero-order valence-electron chi connectivity index (χ0n) is 13.3. The molecular formula is C15H35N3. The van der Waals surface area contributed by atoms with E-state index in [0.29, 0.717) is 6.04 Å². The molecule has 1 N–H and O–H groups in total. The molecule has 0 aromatic carbocycles. The molecule has 0 aliphatic heterocycles. The van der Waals surface area contributed by atoms with Gasteiger partial charge < -0.3 is 15.1 Å². The molecule has 0 rings (SSSR count). The minimum absolute atomic E-state index is 0.669. The fourth-order valence-electron chi connectivity index (χ4n) is 2.11. The summed E-state index contributed by atoms with van der Waals surface area (Å²) in [5, 5.41) is 3.56. The Bertz CT molecular complexity index is 171. The molecule has 0 fully saturated rings. The molecule has 18 heavy (non-hydrogen) atoms.